The van der Waals surface area contributed by atoms with Crippen LogP contribution < -0.4 is 10.9 Å². The minimum Gasteiger partial charge on any atom is -0.508 e. The predicted molar refractivity (Wildman–Crippen MR) is 53.8 cm³/mol. The number of carbonyl (C=O) groups is 1. The smallest absolute Gasteiger partial charge is 0.360 e. The van der Waals surface area contributed by atoms with E-state index < -0.39 is 5.63 Å². The van der Waals surface area contributed by atoms with Gasteiger partial charge in [-0.1, -0.05) is 0 Å². The number of hydrogen-bond acceptors (Lipinski definition) is 4. The van der Waals surface area contributed by atoms with E-state index in [0.717, 1.165) is 0 Å². The summed E-state index contributed by atoms with van der Waals surface area (Å²) in [7, 11) is 0. The number of rotatable bonds is 2. The van der Waals surface area contributed by atoms with Crippen LogP contribution in [0.4, 0.5) is 5.69 Å². The quantitative estimate of drug-likeness (QED) is 0.567. The van der Waals surface area contributed by atoms with Crippen molar-refractivity contribution in [3.8, 4) is 5.75 Å². The lowest BCUT2D eigenvalue weighted by Gasteiger charge is -2.00. The van der Waals surface area contributed by atoms with Gasteiger partial charge < -0.3 is 14.8 Å². The number of phenolic OH excluding ortho intramolecular Hbond substituents is 1. The van der Waals surface area contributed by atoms with Gasteiger partial charge in [0.2, 0.25) is 6.41 Å². The first-order chi connectivity index (χ1) is 7.20. The van der Waals surface area contributed by atoms with Crippen LogP contribution in [0, 0.1) is 0 Å². The van der Waals surface area contributed by atoms with Crippen molar-refractivity contribution in [3.05, 3.63) is 34.7 Å². The van der Waals surface area contributed by atoms with Crippen molar-refractivity contribution in [2.75, 3.05) is 5.32 Å². The van der Waals surface area contributed by atoms with E-state index in [1.807, 2.05) is 0 Å². The molecule has 0 bridgehead atoms. The largest absolute Gasteiger partial charge is 0.508 e. The number of nitrogens with one attached hydrogen (secondary N) is 1. The van der Waals surface area contributed by atoms with Crippen LogP contribution in [0.3, 0.4) is 0 Å². The number of anilines is 1. The van der Waals surface area contributed by atoms with Crippen molar-refractivity contribution in [2.24, 2.45) is 0 Å². The Morgan fingerprint density at radius 1 is 1.33 bits per heavy atom. The van der Waals surface area contributed by atoms with Gasteiger partial charge in [0.25, 0.3) is 0 Å². The average molecular weight is 205 g/mol. The second-order valence-corrected chi connectivity index (χ2v) is 2.93. The molecule has 0 spiro atoms. The summed E-state index contributed by atoms with van der Waals surface area (Å²) in [4.78, 5) is 21.4. The summed E-state index contributed by atoms with van der Waals surface area (Å²) >= 11 is 0. The molecule has 0 unspecified atom stereocenters. The molecule has 5 heteroatoms. The molecule has 0 aliphatic heterocycles. The van der Waals surface area contributed by atoms with Crippen LogP contribution in [0.25, 0.3) is 11.0 Å². The summed E-state index contributed by atoms with van der Waals surface area (Å²) in [6.07, 6.45) is 0.401. The molecule has 5 nitrogen and oxygen atoms in total. The summed E-state index contributed by atoms with van der Waals surface area (Å²) in [5.41, 5.74) is -0.306. The van der Waals surface area contributed by atoms with Crippen molar-refractivity contribution in [2.45, 2.75) is 0 Å². The van der Waals surface area contributed by atoms with Gasteiger partial charge in [-0.05, 0) is 18.2 Å². The van der Waals surface area contributed by atoms with Crippen molar-refractivity contribution < 1.29 is 14.3 Å². The Morgan fingerprint density at radius 2 is 2.13 bits per heavy atom. The molecular formula is C10H7NO4. The zero-order chi connectivity index (χ0) is 10.8. The number of benzene rings is 1. The summed E-state index contributed by atoms with van der Waals surface area (Å²) in [6, 6.07) is 5.87. The number of amides is 1. The van der Waals surface area contributed by atoms with Crippen LogP contribution in [-0.2, 0) is 4.79 Å². The van der Waals surface area contributed by atoms with Gasteiger partial charge in [0, 0.05) is 11.5 Å². The van der Waals surface area contributed by atoms with Crippen LogP contribution in [-0.4, -0.2) is 11.5 Å². The molecule has 0 saturated heterocycles. The average Bonchev–Trinajstić information content (AvgIpc) is 2.20. The van der Waals surface area contributed by atoms with Crippen LogP contribution in [0.15, 0.2) is 33.5 Å². The van der Waals surface area contributed by atoms with E-state index in [0.29, 0.717) is 11.8 Å². The van der Waals surface area contributed by atoms with E-state index in [9.17, 15) is 9.59 Å². The molecule has 76 valence electrons. The number of hydrogen-bond donors (Lipinski definition) is 2. The van der Waals surface area contributed by atoms with Gasteiger partial charge in [-0.2, -0.15) is 0 Å². The first kappa shape index (κ1) is 9.26. The number of carbonyl (C=O) groups excluding carboxylic acids is 1. The molecule has 0 aliphatic rings. The number of aromatic hydroxyl groups is 1. The normalized spacial score (nSPS) is 10.1. The van der Waals surface area contributed by atoms with Crippen molar-refractivity contribution in [1.29, 1.82) is 0 Å². The fourth-order valence-corrected chi connectivity index (χ4v) is 1.26. The fourth-order valence-electron chi connectivity index (χ4n) is 1.26. The summed E-state index contributed by atoms with van der Waals surface area (Å²) < 4.78 is 4.89. The van der Waals surface area contributed by atoms with Crippen LogP contribution in [0.2, 0.25) is 0 Å². The minimum atomic E-state index is -0.653. The van der Waals surface area contributed by atoms with E-state index in [-0.39, 0.29) is 17.0 Å². The van der Waals surface area contributed by atoms with Crippen LogP contribution in [0.1, 0.15) is 0 Å². The molecule has 0 radical (unpaired) electrons. The van der Waals surface area contributed by atoms with Crippen molar-refractivity contribution in [1.82, 2.24) is 0 Å². The molecule has 2 rings (SSSR count). The molecule has 0 aliphatic carbocycles. The minimum absolute atomic E-state index is 0.0155. The number of phenols is 1. The third kappa shape index (κ3) is 1.67. The lowest BCUT2D eigenvalue weighted by atomic mass is 10.2. The molecule has 1 heterocycles. The molecule has 0 fully saturated rings. The second kappa shape index (κ2) is 3.45. The van der Waals surface area contributed by atoms with Gasteiger partial charge in [-0.15, -0.1) is 0 Å². The van der Waals surface area contributed by atoms with Gasteiger partial charge >= 0.3 is 5.63 Å². The molecule has 1 amide bonds. The van der Waals surface area contributed by atoms with E-state index in [1.165, 1.54) is 18.2 Å². The zero-order valence-electron chi connectivity index (χ0n) is 7.56. The van der Waals surface area contributed by atoms with Crippen molar-refractivity contribution in [3.63, 3.8) is 0 Å². The maximum Gasteiger partial charge on any atom is 0.360 e. The third-order valence-corrected chi connectivity index (χ3v) is 1.93. The van der Waals surface area contributed by atoms with Crippen molar-refractivity contribution >= 4 is 23.1 Å². The monoisotopic (exact) mass is 205 g/mol. The van der Waals surface area contributed by atoms with E-state index >= 15 is 0 Å². The Kier molecular flexibility index (Phi) is 2.13. The first-order valence-electron chi connectivity index (χ1n) is 4.18. The lowest BCUT2D eigenvalue weighted by Crippen LogP contribution is -2.08. The predicted octanol–water partition coefficient (Wildman–Crippen LogP) is 1.07. The Balaban J connectivity index is 2.70. The van der Waals surface area contributed by atoms with Crippen LogP contribution in [0.5, 0.6) is 5.75 Å². The summed E-state index contributed by atoms with van der Waals surface area (Å²) in [5, 5.41) is 12.0. The molecule has 1 aromatic carbocycles. The first-order valence-corrected chi connectivity index (χ1v) is 4.18. The molecule has 2 N–H and O–H groups in total. The number of fused-ring (bicyclic) bond motifs is 1. The standard InChI is InChI=1S/C10H7NO4/c12-5-11-8-3-6-1-2-7(13)4-9(6)15-10(8)14/h1-5,13H,(H,11,12). The van der Waals surface area contributed by atoms with Gasteiger partial charge in [0.15, 0.2) is 0 Å². The Bertz CT molecular complexity index is 573. The highest BCUT2D eigenvalue weighted by atomic mass is 16.4. The van der Waals surface area contributed by atoms with Gasteiger partial charge in [0.05, 0.1) is 0 Å². The Morgan fingerprint density at radius 3 is 2.87 bits per heavy atom. The van der Waals surface area contributed by atoms with Crippen LogP contribution >= 0.6 is 0 Å². The maximum atomic E-state index is 11.3. The van der Waals surface area contributed by atoms with E-state index in [4.69, 9.17) is 9.52 Å². The topological polar surface area (TPSA) is 79.5 Å². The van der Waals surface area contributed by atoms with E-state index in [1.54, 1.807) is 6.07 Å². The van der Waals surface area contributed by atoms with Gasteiger partial charge in [-0.25, -0.2) is 4.79 Å². The lowest BCUT2D eigenvalue weighted by molar-refractivity contribution is -0.105. The molecule has 1 aromatic heterocycles. The Hall–Kier alpha value is -2.30. The third-order valence-electron chi connectivity index (χ3n) is 1.93. The second-order valence-electron chi connectivity index (χ2n) is 2.93. The highest BCUT2D eigenvalue weighted by Gasteiger charge is 2.04. The molecule has 15 heavy (non-hydrogen) atoms. The molecule has 0 atom stereocenters. The molecule has 0 saturated carbocycles. The summed E-state index contributed by atoms with van der Waals surface area (Å²) in [6.45, 7) is 0. The SMILES string of the molecule is O=CNc1cc2ccc(O)cc2oc1=O. The fraction of sp³-hybridized carbons (Fsp3) is 0. The van der Waals surface area contributed by atoms with Gasteiger partial charge in [0.1, 0.15) is 17.0 Å². The van der Waals surface area contributed by atoms with E-state index in [2.05, 4.69) is 5.32 Å². The highest BCUT2D eigenvalue weighted by molar-refractivity contribution is 5.83. The highest BCUT2D eigenvalue weighted by Crippen LogP contribution is 2.20. The zero-order valence-corrected chi connectivity index (χ0v) is 7.56. The Labute approximate surface area is 83.9 Å². The maximum absolute atomic E-state index is 11.3. The molecule has 2 aromatic rings. The van der Waals surface area contributed by atoms with Gasteiger partial charge in [-0.3, -0.25) is 4.79 Å². The summed E-state index contributed by atoms with van der Waals surface area (Å²) in [5.74, 6) is 0.0155. The molecular weight excluding hydrogens is 198 g/mol.